The zero-order chi connectivity index (χ0) is 16.2. The Balaban J connectivity index is 2.16. The summed E-state index contributed by atoms with van der Waals surface area (Å²) >= 11 is 1.57. The molecule has 0 aliphatic heterocycles. The topological polar surface area (TPSA) is 42.0 Å². The van der Waals surface area contributed by atoms with Crippen LogP contribution >= 0.6 is 11.8 Å². The lowest BCUT2D eigenvalue weighted by atomic mass is 9.87. The van der Waals surface area contributed by atoms with Crippen LogP contribution in [-0.2, 0) is 5.41 Å². The van der Waals surface area contributed by atoms with E-state index in [9.17, 15) is 4.79 Å². The van der Waals surface area contributed by atoms with Crippen molar-refractivity contribution in [1.82, 2.24) is 4.98 Å². The number of nitrogens with one attached hydrogen (secondary N) is 1. The summed E-state index contributed by atoms with van der Waals surface area (Å²) in [7, 11) is 0. The molecule has 0 saturated carbocycles. The van der Waals surface area contributed by atoms with Crippen LogP contribution in [0, 0.1) is 0 Å². The Morgan fingerprint density at radius 2 is 1.86 bits per heavy atom. The number of anilines is 1. The highest BCUT2D eigenvalue weighted by molar-refractivity contribution is 7.99. The minimum absolute atomic E-state index is 0.108. The van der Waals surface area contributed by atoms with Crippen molar-refractivity contribution >= 4 is 23.4 Å². The van der Waals surface area contributed by atoms with Gasteiger partial charge in [0, 0.05) is 11.9 Å². The second kappa shape index (κ2) is 6.97. The quantitative estimate of drug-likeness (QED) is 0.829. The maximum atomic E-state index is 12.4. The number of carbonyl (C=O) groups is 1. The average Bonchev–Trinajstić information content (AvgIpc) is 2.47. The average molecular weight is 314 g/mol. The van der Waals surface area contributed by atoms with Crippen LogP contribution in [0.1, 0.15) is 43.6 Å². The molecule has 116 valence electrons. The molecule has 0 aliphatic carbocycles. The maximum Gasteiger partial charge on any atom is 0.258 e. The monoisotopic (exact) mass is 314 g/mol. The molecule has 1 aromatic heterocycles. The molecule has 1 heterocycles. The molecule has 1 aromatic carbocycles. The normalized spacial score (nSPS) is 11.3. The highest BCUT2D eigenvalue weighted by atomic mass is 32.2. The van der Waals surface area contributed by atoms with Gasteiger partial charge in [-0.3, -0.25) is 4.79 Å². The van der Waals surface area contributed by atoms with E-state index in [1.54, 1.807) is 24.0 Å². The number of hydrogen-bond donors (Lipinski definition) is 1. The van der Waals surface area contributed by atoms with Gasteiger partial charge in [-0.05, 0) is 41.0 Å². The van der Waals surface area contributed by atoms with Crippen molar-refractivity contribution in [2.75, 3.05) is 11.1 Å². The minimum Gasteiger partial charge on any atom is -0.322 e. The van der Waals surface area contributed by atoms with Crippen molar-refractivity contribution in [3.05, 3.63) is 53.7 Å². The number of aromatic nitrogens is 1. The molecule has 1 amide bonds. The number of pyridine rings is 1. The fraction of sp³-hybridized carbons (Fsp3) is 0.333. The molecule has 2 rings (SSSR count). The lowest BCUT2D eigenvalue weighted by Crippen LogP contribution is -2.14. The van der Waals surface area contributed by atoms with Gasteiger partial charge >= 0.3 is 0 Å². The van der Waals surface area contributed by atoms with Gasteiger partial charge in [0.25, 0.3) is 5.91 Å². The van der Waals surface area contributed by atoms with Crippen LogP contribution in [0.15, 0.2) is 47.6 Å². The molecule has 3 nitrogen and oxygen atoms in total. The summed E-state index contributed by atoms with van der Waals surface area (Å²) in [6.45, 7) is 8.56. The van der Waals surface area contributed by atoms with Crippen LogP contribution in [0.2, 0.25) is 0 Å². The number of carbonyl (C=O) groups excluding carboxylic acids is 1. The van der Waals surface area contributed by atoms with E-state index in [0.29, 0.717) is 5.56 Å². The number of hydrogen-bond acceptors (Lipinski definition) is 3. The molecule has 1 N–H and O–H groups in total. The van der Waals surface area contributed by atoms with Gasteiger partial charge in [-0.1, -0.05) is 39.8 Å². The van der Waals surface area contributed by atoms with E-state index in [2.05, 4.69) is 43.2 Å². The third-order valence-electron chi connectivity index (χ3n) is 3.31. The summed E-state index contributed by atoms with van der Waals surface area (Å²) in [5.74, 6) is 0.768. The van der Waals surface area contributed by atoms with Crippen LogP contribution in [0.5, 0.6) is 0 Å². The molecule has 0 aliphatic rings. The van der Waals surface area contributed by atoms with Crippen LogP contribution in [0.25, 0.3) is 0 Å². The van der Waals surface area contributed by atoms with Crippen LogP contribution in [-0.4, -0.2) is 16.6 Å². The van der Waals surface area contributed by atoms with Gasteiger partial charge in [0.2, 0.25) is 0 Å². The largest absolute Gasteiger partial charge is 0.322 e. The lowest BCUT2D eigenvalue weighted by molar-refractivity contribution is 0.102. The third-order valence-corrected chi connectivity index (χ3v) is 4.19. The van der Waals surface area contributed by atoms with Crippen molar-refractivity contribution in [3.63, 3.8) is 0 Å². The summed E-state index contributed by atoms with van der Waals surface area (Å²) in [5.41, 5.74) is 2.77. The zero-order valence-electron chi connectivity index (χ0n) is 13.5. The van der Waals surface area contributed by atoms with Crippen molar-refractivity contribution < 1.29 is 4.79 Å². The fourth-order valence-electron chi connectivity index (χ4n) is 2.07. The van der Waals surface area contributed by atoms with Gasteiger partial charge in [0.15, 0.2) is 0 Å². The van der Waals surface area contributed by atoms with Crippen LogP contribution in [0.4, 0.5) is 5.69 Å². The minimum atomic E-state index is -0.118. The molecule has 0 spiro atoms. The van der Waals surface area contributed by atoms with Gasteiger partial charge in [-0.25, -0.2) is 4.98 Å². The van der Waals surface area contributed by atoms with E-state index in [1.807, 2.05) is 25.1 Å². The van der Waals surface area contributed by atoms with Gasteiger partial charge < -0.3 is 5.32 Å². The Morgan fingerprint density at radius 1 is 1.18 bits per heavy atom. The Hall–Kier alpha value is -1.81. The van der Waals surface area contributed by atoms with Gasteiger partial charge in [-0.15, -0.1) is 11.8 Å². The molecule has 0 radical (unpaired) electrons. The molecule has 22 heavy (non-hydrogen) atoms. The van der Waals surface area contributed by atoms with E-state index >= 15 is 0 Å². The SMILES string of the molecule is CCSc1ncccc1C(=O)Nc1ccc(C(C)(C)C)cc1. The van der Waals surface area contributed by atoms with Crippen molar-refractivity contribution in [2.24, 2.45) is 0 Å². The molecule has 0 fully saturated rings. The molecule has 2 aromatic rings. The molecule has 0 bridgehead atoms. The highest BCUT2D eigenvalue weighted by Crippen LogP contribution is 2.24. The second-order valence-electron chi connectivity index (χ2n) is 6.07. The van der Waals surface area contributed by atoms with Crippen LogP contribution < -0.4 is 5.32 Å². The summed E-state index contributed by atoms with van der Waals surface area (Å²) in [5, 5.41) is 3.72. The molecule has 0 saturated heterocycles. The molecular weight excluding hydrogens is 292 g/mol. The Bertz CT molecular complexity index is 645. The second-order valence-corrected chi connectivity index (χ2v) is 7.32. The summed E-state index contributed by atoms with van der Waals surface area (Å²) in [6, 6.07) is 11.6. The number of benzene rings is 1. The van der Waals surface area contributed by atoms with E-state index in [0.717, 1.165) is 16.5 Å². The maximum absolute atomic E-state index is 12.4. The Labute approximate surface area is 136 Å². The van der Waals surface area contributed by atoms with Gasteiger partial charge in [0.1, 0.15) is 5.03 Å². The van der Waals surface area contributed by atoms with Gasteiger partial charge in [-0.2, -0.15) is 0 Å². The first-order valence-corrected chi connectivity index (χ1v) is 8.40. The number of nitrogens with zero attached hydrogens (tertiary/aromatic N) is 1. The Kier molecular flexibility index (Phi) is 5.24. The summed E-state index contributed by atoms with van der Waals surface area (Å²) in [4.78, 5) is 16.7. The molecule has 4 heteroatoms. The van der Waals surface area contributed by atoms with Crippen molar-refractivity contribution in [1.29, 1.82) is 0 Å². The first-order valence-electron chi connectivity index (χ1n) is 7.41. The van der Waals surface area contributed by atoms with E-state index in [4.69, 9.17) is 0 Å². The first-order chi connectivity index (χ1) is 10.4. The first kappa shape index (κ1) is 16.6. The predicted octanol–water partition coefficient (Wildman–Crippen LogP) is 4.74. The van der Waals surface area contributed by atoms with Crippen molar-refractivity contribution in [3.8, 4) is 0 Å². The number of amides is 1. The number of thioether (sulfide) groups is 1. The predicted molar refractivity (Wildman–Crippen MR) is 93.7 cm³/mol. The van der Waals surface area contributed by atoms with E-state index in [-0.39, 0.29) is 11.3 Å². The molecular formula is C18H22N2OS. The van der Waals surface area contributed by atoms with Crippen molar-refractivity contribution in [2.45, 2.75) is 38.1 Å². The summed E-state index contributed by atoms with van der Waals surface area (Å²) in [6.07, 6.45) is 1.72. The molecule has 0 atom stereocenters. The van der Waals surface area contributed by atoms with E-state index < -0.39 is 0 Å². The smallest absolute Gasteiger partial charge is 0.258 e. The van der Waals surface area contributed by atoms with Gasteiger partial charge in [0.05, 0.1) is 5.56 Å². The Morgan fingerprint density at radius 3 is 2.45 bits per heavy atom. The lowest BCUT2D eigenvalue weighted by Gasteiger charge is -2.19. The standard InChI is InChI=1S/C18H22N2OS/c1-5-22-17-15(7-6-12-19-17)16(21)20-14-10-8-13(9-11-14)18(2,3)4/h6-12H,5H2,1-4H3,(H,20,21). The zero-order valence-corrected chi connectivity index (χ0v) is 14.3. The number of rotatable bonds is 4. The molecule has 0 unspecified atom stereocenters. The van der Waals surface area contributed by atoms with Crippen LogP contribution in [0.3, 0.4) is 0 Å². The summed E-state index contributed by atoms with van der Waals surface area (Å²) < 4.78 is 0. The highest BCUT2D eigenvalue weighted by Gasteiger charge is 2.15. The third kappa shape index (κ3) is 4.10. The van der Waals surface area contributed by atoms with E-state index in [1.165, 1.54) is 5.56 Å². The fourth-order valence-corrected chi connectivity index (χ4v) is 2.79.